The molecule has 0 fully saturated rings. The summed E-state index contributed by atoms with van der Waals surface area (Å²) in [5, 5.41) is 3.32. The number of pyridine rings is 1. The van der Waals surface area contributed by atoms with Gasteiger partial charge in [0.15, 0.2) is 0 Å². The molecule has 0 atom stereocenters. The van der Waals surface area contributed by atoms with E-state index in [2.05, 4.69) is 54.3 Å². The van der Waals surface area contributed by atoms with Gasteiger partial charge in [-0.2, -0.15) is 0 Å². The number of halogens is 2. The zero-order valence-electron chi connectivity index (χ0n) is 9.84. The zero-order chi connectivity index (χ0) is 13.1. The van der Waals surface area contributed by atoms with Crippen molar-refractivity contribution in [3.63, 3.8) is 0 Å². The molecule has 2 rings (SSSR count). The number of thiophene rings is 1. The second kappa shape index (κ2) is 6.04. The number of rotatable bonds is 4. The van der Waals surface area contributed by atoms with Crippen LogP contribution in [0.4, 0.5) is 11.5 Å². The molecule has 6 heteroatoms. The molecule has 0 saturated heterocycles. The molecule has 96 valence electrons. The monoisotopic (exact) mass is 389 g/mol. The third-order valence-corrected chi connectivity index (χ3v) is 5.25. The van der Waals surface area contributed by atoms with Gasteiger partial charge in [0.1, 0.15) is 5.82 Å². The van der Waals surface area contributed by atoms with Crippen molar-refractivity contribution in [1.29, 1.82) is 0 Å². The topological polar surface area (TPSA) is 50.9 Å². The molecular formula is C12H13Br2N3S. The van der Waals surface area contributed by atoms with Crippen molar-refractivity contribution in [3.8, 4) is 0 Å². The zero-order valence-corrected chi connectivity index (χ0v) is 13.8. The standard InChI is InChI=1S/C12H13Br2N3S/c1-7-9(15)6-17-12(11(7)14)16-5-4-8-2-3-10(13)18-8/h2-3,6H,4-5,15H2,1H3,(H,16,17). The van der Waals surface area contributed by atoms with Gasteiger partial charge in [0.2, 0.25) is 0 Å². The predicted octanol–water partition coefficient (Wildman–Crippen LogP) is 4.21. The minimum atomic E-state index is 0.703. The molecule has 0 aliphatic rings. The van der Waals surface area contributed by atoms with Crippen LogP contribution < -0.4 is 11.1 Å². The van der Waals surface area contributed by atoms with Crippen LogP contribution in [0.25, 0.3) is 0 Å². The highest BCUT2D eigenvalue weighted by molar-refractivity contribution is 9.11. The van der Waals surface area contributed by atoms with Crippen LogP contribution in [0.2, 0.25) is 0 Å². The van der Waals surface area contributed by atoms with Gasteiger partial charge < -0.3 is 11.1 Å². The molecule has 0 bridgehead atoms. The maximum absolute atomic E-state index is 5.79. The fourth-order valence-electron chi connectivity index (χ4n) is 1.51. The van der Waals surface area contributed by atoms with Crippen molar-refractivity contribution < 1.29 is 0 Å². The summed E-state index contributed by atoms with van der Waals surface area (Å²) in [6.45, 7) is 2.82. The third-order valence-electron chi connectivity index (χ3n) is 2.60. The van der Waals surface area contributed by atoms with Crippen LogP contribution in [0.3, 0.4) is 0 Å². The van der Waals surface area contributed by atoms with E-state index < -0.39 is 0 Å². The van der Waals surface area contributed by atoms with Crippen LogP contribution in [0.1, 0.15) is 10.4 Å². The fourth-order valence-corrected chi connectivity index (χ4v) is 3.46. The first kappa shape index (κ1) is 13.8. The molecular weight excluding hydrogens is 378 g/mol. The SMILES string of the molecule is Cc1c(N)cnc(NCCc2ccc(Br)s2)c1Br. The summed E-state index contributed by atoms with van der Waals surface area (Å²) in [7, 11) is 0. The Balaban J connectivity index is 1.96. The Kier molecular flexibility index (Phi) is 4.64. The first-order valence-electron chi connectivity index (χ1n) is 5.46. The first-order chi connectivity index (χ1) is 8.58. The summed E-state index contributed by atoms with van der Waals surface area (Å²) in [6, 6.07) is 4.20. The molecule has 0 amide bonds. The van der Waals surface area contributed by atoms with Crippen molar-refractivity contribution in [2.24, 2.45) is 0 Å². The number of nitrogens with zero attached hydrogens (tertiary/aromatic N) is 1. The summed E-state index contributed by atoms with van der Waals surface area (Å²) in [5.74, 6) is 0.845. The van der Waals surface area contributed by atoms with Gasteiger partial charge in [-0.1, -0.05) is 0 Å². The van der Waals surface area contributed by atoms with Gasteiger partial charge in [0.25, 0.3) is 0 Å². The van der Waals surface area contributed by atoms with E-state index in [4.69, 9.17) is 5.73 Å². The lowest BCUT2D eigenvalue weighted by Gasteiger charge is -2.10. The van der Waals surface area contributed by atoms with Crippen LogP contribution in [-0.2, 0) is 6.42 Å². The van der Waals surface area contributed by atoms with E-state index in [0.717, 1.165) is 28.8 Å². The van der Waals surface area contributed by atoms with E-state index >= 15 is 0 Å². The lowest BCUT2D eigenvalue weighted by atomic mass is 10.2. The molecule has 0 radical (unpaired) electrons. The average Bonchev–Trinajstić information content (AvgIpc) is 2.75. The van der Waals surface area contributed by atoms with E-state index in [1.54, 1.807) is 17.5 Å². The number of nitrogen functional groups attached to an aromatic ring is 1. The number of anilines is 2. The average molecular weight is 391 g/mol. The Morgan fingerprint density at radius 1 is 1.39 bits per heavy atom. The van der Waals surface area contributed by atoms with Gasteiger partial charge in [0, 0.05) is 11.4 Å². The van der Waals surface area contributed by atoms with Crippen molar-refractivity contribution in [2.45, 2.75) is 13.3 Å². The fraction of sp³-hybridized carbons (Fsp3) is 0.250. The lowest BCUT2D eigenvalue weighted by molar-refractivity contribution is 1.02. The number of hydrogen-bond acceptors (Lipinski definition) is 4. The number of aromatic nitrogens is 1. The number of nitrogens with two attached hydrogens (primary N) is 1. The normalized spacial score (nSPS) is 10.6. The van der Waals surface area contributed by atoms with Gasteiger partial charge >= 0.3 is 0 Å². The van der Waals surface area contributed by atoms with Crippen LogP contribution in [-0.4, -0.2) is 11.5 Å². The number of nitrogens with one attached hydrogen (secondary N) is 1. The molecule has 0 aliphatic carbocycles. The summed E-state index contributed by atoms with van der Waals surface area (Å²) >= 11 is 8.73. The van der Waals surface area contributed by atoms with Gasteiger partial charge in [0.05, 0.1) is 20.1 Å². The van der Waals surface area contributed by atoms with Gasteiger partial charge in [-0.3, -0.25) is 0 Å². The summed E-state index contributed by atoms with van der Waals surface area (Å²) in [5.41, 5.74) is 7.51. The summed E-state index contributed by atoms with van der Waals surface area (Å²) in [4.78, 5) is 5.63. The Morgan fingerprint density at radius 3 is 2.83 bits per heavy atom. The molecule has 0 spiro atoms. The van der Waals surface area contributed by atoms with Crippen LogP contribution in [0, 0.1) is 6.92 Å². The molecule has 2 aromatic rings. The van der Waals surface area contributed by atoms with E-state index in [9.17, 15) is 0 Å². The summed E-state index contributed by atoms with van der Waals surface area (Å²) in [6.07, 6.45) is 2.66. The van der Waals surface area contributed by atoms with E-state index in [0.29, 0.717) is 5.69 Å². The Bertz CT molecular complexity index is 554. The highest BCUT2D eigenvalue weighted by Gasteiger charge is 2.07. The molecule has 0 aliphatic heterocycles. The second-order valence-electron chi connectivity index (χ2n) is 3.88. The quantitative estimate of drug-likeness (QED) is 0.821. The maximum atomic E-state index is 5.79. The predicted molar refractivity (Wildman–Crippen MR) is 85.3 cm³/mol. The van der Waals surface area contributed by atoms with Crippen molar-refractivity contribution in [1.82, 2.24) is 4.98 Å². The van der Waals surface area contributed by atoms with Gasteiger partial charge in [-0.15, -0.1) is 11.3 Å². The molecule has 3 nitrogen and oxygen atoms in total. The van der Waals surface area contributed by atoms with Gasteiger partial charge in [-0.05, 0) is 62.9 Å². The molecule has 3 N–H and O–H groups in total. The molecule has 2 aromatic heterocycles. The van der Waals surface area contributed by atoms with Crippen LogP contribution in [0.15, 0.2) is 26.6 Å². The maximum Gasteiger partial charge on any atom is 0.140 e. The van der Waals surface area contributed by atoms with Crippen LogP contribution in [0.5, 0.6) is 0 Å². The molecule has 2 heterocycles. The smallest absolute Gasteiger partial charge is 0.140 e. The van der Waals surface area contributed by atoms with Crippen molar-refractivity contribution in [2.75, 3.05) is 17.6 Å². The Labute approximate surface area is 127 Å². The Morgan fingerprint density at radius 2 is 2.17 bits per heavy atom. The van der Waals surface area contributed by atoms with Crippen LogP contribution >= 0.6 is 43.2 Å². The van der Waals surface area contributed by atoms with Gasteiger partial charge in [-0.25, -0.2) is 4.98 Å². The lowest BCUT2D eigenvalue weighted by Crippen LogP contribution is -2.07. The largest absolute Gasteiger partial charge is 0.397 e. The third kappa shape index (κ3) is 3.24. The number of hydrogen-bond donors (Lipinski definition) is 2. The van der Waals surface area contributed by atoms with Crippen molar-refractivity contribution >= 4 is 54.7 Å². The first-order valence-corrected chi connectivity index (χ1v) is 7.87. The molecule has 0 saturated carbocycles. The summed E-state index contributed by atoms with van der Waals surface area (Å²) < 4.78 is 2.11. The van der Waals surface area contributed by atoms with E-state index in [-0.39, 0.29) is 0 Å². The van der Waals surface area contributed by atoms with Crippen molar-refractivity contribution in [3.05, 3.63) is 37.0 Å². The van der Waals surface area contributed by atoms with E-state index in [1.165, 1.54) is 8.66 Å². The minimum absolute atomic E-state index is 0.703. The molecule has 0 unspecified atom stereocenters. The minimum Gasteiger partial charge on any atom is -0.397 e. The Hall–Kier alpha value is -0.590. The molecule has 0 aromatic carbocycles. The highest BCUT2D eigenvalue weighted by Crippen LogP contribution is 2.28. The van der Waals surface area contributed by atoms with E-state index in [1.807, 2.05) is 6.92 Å². The molecule has 18 heavy (non-hydrogen) atoms. The highest BCUT2D eigenvalue weighted by atomic mass is 79.9. The second-order valence-corrected chi connectivity index (χ2v) is 7.22.